The second kappa shape index (κ2) is 63.5. The van der Waals surface area contributed by atoms with Gasteiger partial charge in [-0.2, -0.15) is 0 Å². The summed E-state index contributed by atoms with van der Waals surface area (Å²) in [5, 5.41) is 10.6. The Morgan fingerprint density at radius 1 is 0.269 bits per heavy atom. The molecule has 0 heterocycles. The number of aliphatic hydroxyl groups excluding tert-OH is 1. The van der Waals surface area contributed by atoms with Crippen molar-refractivity contribution in [3.8, 4) is 0 Å². The molecule has 5 atom stereocenters. The summed E-state index contributed by atoms with van der Waals surface area (Å²) in [5.41, 5.74) is 0. The molecule has 93 heavy (non-hydrogen) atoms. The summed E-state index contributed by atoms with van der Waals surface area (Å²) in [6, 6.07) is 0. The number of unbranched alkanes of at least 4 members (excludes halogenated alkanes) is 37. The number of phosphoric acid groups is 2. The summed E-state index contributed by atoms with van der Waals surface area (Å²) >= 11 is 0. The van der Waals surface area contributed by atoms with Gasteiger partial charge in [0, 0.05) is 25.7 Å². The van der Waals surface area contributed by atoms with Gasteiger partial charge in [0.15, 0.2) is 12.2 Å². The zero-order valence-electron chi connectivity index (χ0n) is 60.9. The fourth-order valence-corrected chi connectivity index (χ4v) is 12.8. The number of phosphoric ester groups is 2. The molecule has 0 spiro atoms. The number of carbonyl (C=O) groups excluding carboxylic acids is 4. The van der Waals surface area contributed by atoms with Crippen LogP contribution in [0.1, 0.15) is 370 Å². The Bertz CT molecular complexity index is 1830. The van der Waals surface area contributed by atoms with Crippen molar-refractivity contribution in [1.82, 2.24) is 0 Å². The van der Waals surface area contributed by atoms with Crippen LogP contribution in [-0.2, 0) is 65.4 Å². The van der Waals surface area contributed by atoms with E-state index in [0.29, 0.717) is 25.7 Å². The maximum absolute atomic E-state index is 13.1. The fourth-order valence-electron chi connectivity index (χ4n) is 11.2. The molecule has 0 bridgehead atoms. The second-order valence-electron chi connectivity index (χ2n) is 28.6. The summed E-state index contributed by atoms with van der Waals surface area (Å²) < 4.78 is 68.5. The summed E-state index contributed by atoms with van der Waals surface area (Å²) in [6.07, 6.45) is 47.1. The second-order valence-corrected chi connectivity index (χ2v) is 31.5. The Kier molecular flexibility index (Phi) is 62.2. The number of rotatable bonds is 71. The summed E-state index contributed by atoms with van der Waals surface area (Å²) in [4.78, 5) is 72.8. The highest BCUT2D eigenvalue weighted by molar-refractivity contribution is 7.47. The predicted octanol–water partition coefficient (Wildman–Crippen LogP) is 21.3. The smallest absolute Gasteiger partial charge is 0.462 e. The molecule has 552 valence electrons. The van der Waals surface area contributed by atoms with E-state index in [9.17, 15) is 43.2 Å². The molecular formula is C74H144O17P2. The van der Waals surface area contributed by atoms with Gasteiger partial charge in [-0.15, -0.1) is 0 Å². The van der Waals surface area contributed by atoms with E-state index >= 15 is 0 Å². The third kappa shape index (κ3) is 68.4. The number of esters is 4. The lowest BCUT2D eigenvalue weighted by atomic mass is 10.0. The molecule has 0 aromatic carbocycles. The van der Waals surface area contributed by atoms with Crippen LogP contribution in [0.25, 0.3) is 0 Å². The van der Waals surface area contributed by atoms with Crippen molar-refractivity contribution in [2.45, 2.75) is 388 Å². The normalized spacial score (nSPS) is 14.2. The van der Waals surface area contributed by atoms with Gasteiger partial charge in [-0.05, 0) is 49.4 Å². The number of hydrogen-bond acceptors (Lipinski definition) is 15. The first-order chi connectivity index (χ1) is 44.6. The lowest BCUT2D eigenvalue weighted by molar-refractivity contribution is -0.161. The van der Waals surface area contributed by atoms with Crippen molar-refractivity contribution in [3.05, 3.63) is 0 Å². The van der Waals surface area contributed by atoms with Crippen LogP contribution in [0.3, 0.4) is 0 Å². The van der Waals surface area contributed by atoms with Crippen molar-refractivity contribution in [2.24, 2.45) is 23.7 Å². The number of aliphatic hydroxyl groups is 1. The van der Waals surface area contributed by atoms with Gasteiger partial charge in [0.1, 0.15) is 19.3 Å². The van der Waals surface area contributed by atoms with E-state index in [4.69, 9.17) is 37.0 Å². The van der Waals surface area contributed by atoms with Crippen LogP contribution in [0.5, 0.6) is 0 Å². The molecule has 0 fully saturated rings. The van der Waals surface area contributed by atoms with Crippen LogP contribution in [0.15, 0.2) is 0 Å². The molecule has 0 saturated carbocycles. The lowest BCUT2D eigenvalue weighted by Gasteiger charge is -2.21. The third-order valence-corrected chi connectivity index (χ3v) is 19.0. The van der Waals surface area contributed by atoms with E-state index in [0.717, 1.165) is 114 Å². The largest absolute Gasteiger partial charge is 0.472 e. The Labute approximate surface area is 568 Å². The molecule has 2 unspecified atom stereocenters. The van der Waals surface area contributed by atoms with Crippen molar-refractivity contribution in [2.75, 3.05) is 39.6 Å². The van der Waals surface area contributed by atoms with Gasteiger partial charge in [-0.25, -0.2) is 9.13 Å². The van der Waals surface area contributed by atoms with Gasteiger partial charge >= 0.3 is 39.5 Å². The zero-order valence-corrected chi connectivity index (χ0v) is 62.7. The summed E-state index contributed by atoms with van der Waals surface area (Å²) in [5.74, 6) is 0.912. The van der Waals surface area contributed by atoms with Crippen molar-refractivity contribution >= 4 is 39.5 Å². The Balaban J connectivity index is 5.28. The highest BCUT2D eigenvalue weighted by Crippen LogP contribution is 2.45. The molecule has 0 aliphatic rings. The van der Waals surface area contributed by atoms with E-state index in [-0.39, 0.29) is 25.7 Å². The lowest BCUT2D eigenvalue weighted by Crippen LogP contribution is -2.30. The van der Waals surface area contributed by atoms with E-state index in [1.165, 1.54) is 173 Å². The molecule has 0 aromatic rings. The molecular weight excluding hydrogens is 1220 g/mol. The van der Waals surface area contributed by atoms with E-state index in [1.54, 1.807) is 0 Å². The van der Waals surface area contributed by atoms with Crippen molar-refractivity contribution in [1.29, 1.82) is 0 Å². The average molecular weight is 1370 g/mol. The van der Waals surface area contributed by atoms with Gasteiger partial charge in [0.25, 0.3) is 0 Å². The molecule has 0 aromatic heterocycles. The average Bonchev–Trinajstić information content (AvgIpc) is 2.23. The van der Waals surface area contributed by atoms with Crippen molar-refractivity contribution < 1.29 is 80.2 Å². The molecule has 0 aliphatic heterocycles. The highest BCUT2D eigenvalue weighted by Gasteiger charge is 2.30. The Morgan fingerprint density at radius 3 is 0.667 bits per heavy atom. The van der Waals surface area contributed by atoms with Crippen LogP contribution in [0.4, 0.5) is 0 Å². The molecule has 0 radical (unpaired) electrons. The minimum Gasteiger partial charge on any atom is -0.462 e. The van der Waals surface area contributed by atoms with E-state index in [2.05, 4.69) is 55.4 Å². The fraction of sp³-hybridized carbons (Fsp3) is 0.946. The third-order valence-electron chi connectivity index (χ3n) is 17.1. The zero-order chi connectivity index (χ0) is 68.9. The topological polar surface area (TPSA) is 237 Å². The van der Waals surface area contributed by atoms with Crippen LogP contribution in [0, 0.1) is 23.7 Å². The summed E-state index contributed by atoms with van der Waals surface area (Å²) in [7, 11) is -9.91. The van der Waals surface area contributed by atoms with Gasteiger partial charge in [0.2, 0.25) is 0 Å². The van der Waals surface area contributed by atoms with Gasteiger partial charge in [-0.1, -0.05) is 319 Å². The molecule has 0 saturated heterocycles. The Morgan fingerprint density at radius 2 is 0.452 bits per heavy atom. The highest BCUT2D eigenvalue weighted by atomic mass is 31.2. The van der Waals surface area contributed by atoms with Crippen LogP contribution >= 0.6 is 15.6 Å². The van der Waals surface area contributed by atoms with Crippen LogP contribution < -0.4 is 0 Å². The maximum Gasteiger partial charge on any atom is 0.472 e. The predicted molar refractivity (Wildman–Crippen MR) is 377 cm³/mol. The maximum atomic E-state index is 13.1. The van der Waals surface area contributed by atoms with Crippen LogP contribution in [0.2, 0.25) is 0 Å². The van der Waals surface area contributed by atoms with E-state index in [1.807, 2.05) is 0 Å². The Hall–Kier alpha value is -1.94. The first-order valence-corrected chi connectivity index (χ1v) is 41.2. The summed E-state index contributed by atoms with van der Waals surface area (Å²) in [6.45, 7) is 14.2. The molecule has 3 N–H and O–H groups in total. The number of hydrogen-bond donors (Lipinski definition) is 3. The SMILES string of the molecule is CC(C)CCCCCCCCCCCCCC(=O)O[C@H](COC(=O)CCCCCCCCCCCCC(C)C)COP(=O)(O)OC[C@@H](O)COP(=O)(O)OC[C@@H](COC(=O)CCCCCCCCCCCCC(C)C)OC(=O)CCCCCCCCCCCCC(C)C. The number of ether oxygens (including phenoxy) is 4. The first-order valence-electron chi connectivity index (χ1n) is 38.2. The van der Waals surface area contributed by atoms with Crippen molar-refractivity contribution in [3.63, 3.8) is 0 Å². The molecule has 0 aliphatic carbocycles. The van der Waals surface area contributed by atoms with Gasteiger partial charge in [-0.3, -0.25) is 37.3 Å². The standard InChI is InChI=1S/C74H144O17P2/c1-64(2)50-42-34-26-18-10-9-11-24-32-40-48-56-73(78)90-69(60-84-71(76)54-46-38-30-22-15-12-19-27-35-43-51-65(3)4)62-88-92(80,81)86-58-68(75)59-87-93(82,83)89-63-70(91-74(79)57-49-41-33-25-17-14-21-29-37-45-53-67(7)8)61-85-72(77)55-47-39-31-23-16-13-20-28-36-44-52-66(5)6/h64-70,75H,9-63H2,1-8H3,(H,80,81)(H,82,83)/t68-,69-,70-/m1/s1. The molecule has 0 rings (SSSR count). The minimum absolute atomic E-state index is 0.105. The quantitative estimate of drug-likeness (QED) is 0.0222. The van der Waals surface area contributed by atoms with Gasteiger partial charge in [0.05, 0.1) is 26.4 Å². The number of carbonyl (C=O) groups is 4. The van der Waals surface area contributed by atoms with Gasteiger partial charge < -0.3 is 33.8 Å². The monoisotopic (exact) mass is 1370 g/mol. The molecule has 0 amide bonds. The first kappa shape index (κ1) is 91.1. The molecule has 17 nitrogen and oxygen atoms in total. The van der Waals surface area contributed by atoms with E-state index < -0.39 is 97.5 Å². The molecule has 19 heteroatoms. The van der Waals surface area contributed by atoms with Crippen LogP contribution in [-0.4, -0.2) is 96.7 Å². The minimum atomic E-state index is -4.96.